The molecule has 0 aliphatic rings. The molecule has 9 heavy (non-hydrogen) atoms. The van der Waals surface area contributed by atoms with Crippen LogP contribution in [-0.2, 0) is 20.4 Å². The molecule has 0 aromatic carbocycles. The molecule has 0 heterocycles. The van der Waals surface area contributed by atoms with Crippen LogP contribution in [0.1, 0.15) is 13.8 Å². The van der Waals surface area contributed by atoms with E-state index in [0.717, 1.165) is 0 Å². The van der Waals surface area contributed by atoms with Gasteiger partial charge < -0.3 is 0 Å². The van der Waals surface area contributed by atoms with Crippen LogP contribution >= 0.6 is 0 Å². The maximum Gasteiger partial charge on any atom is 2.00 e. The van der Waals surface area contributed by atoms with Crippen molar-refractivity contribution < 1.29 is 20.4 Å². The molecule has 0 saturated heterocycles. The Kier molecular flexibility index (Phi) is 43.9. The summed E-state index contributed by atoms with van der Waals surface area (Å²) in [5.41, 5.74) is 0. The molecule has 0 aromatic heterocycles. The third-order valence-corrected chi connectivity index (χ3v) is 0.471. The van der Waals surface area contributed by atoms with E-state index in [9.17, 15) is 0 Å². The van der Waals surface area contributed by atoms with E-state index < -0.39 is 0 Å². The Hall–Kier alpha value is -0.118. The molecule has 0 saturated carbocycles. The fourth-order valence-electron chi connectivity index (χ4n) is 0. The van der Waals surface area contributed by atoms with Gasteiger partial charge in [0, 0.05) is 0 Å². The van der Waals surface area contributed by atoms with Crippen LogP contribution in [0.25, 0.3) is 0 Å². The molecule has 1 heteroatoms. The van der Waals surface area contributed by atoms with Crippen molar-refractivity contribution >= 4 is 0 Å². The predicted molar refractivity (Wildman–Crippen MR) is 40.3 cm³/mol. The van der Waals surface area contributed by atoms with Gasteiger partial charge in [-0.15, -0.1) is 13.8 Å². The van der Waals surface area contributed by atoms with Gasteiger partial charge in [-0.1, -0.05) is 0 Å². The first kappa shape index (κ1) is 15.9. The predicted octanol–water partition coefficient (Wildman–Crippen LogP) is 2.79. The van der Waals surface area contributed by atoms with Crippen LogP contribution in [0.4, 0.5) is 0 Å². The normalized spacial score (nSPS) is 8.22. The Bertz CT molecular complexity index is 45.0. The van der Waals surface area contributed by atoms with Crippen molar-refractivity contribution in [1.29, 1.82) is 0 Å². The monoisotopic (exact) mass is 216 g/mol. The Morgan fingerprint density at radius 1 is 0.889 bits per heavy atom. The first-order valence-corrected chi connectivity index (χ1v) is 2.64. The van der Waals surface area contributed by atoms with Gasteiger partial charge in [-0.05, 0) is 0 Å². The Labute approximate surface area is 72.7 Å². The minimum Gasteiger partial charge on any atom is -0.245 e. The van der Waals surface area contributed by atoms with Gasteiger partial charge in [0.1, 0.15) is 0 Å². The van der Waals surface area contributed by atoms with E-state index in [1.165, 1.54) is 0 Å². The summed E-state index contributed by atoms with van der Waals surface area (Å²) in [5.74, 6) is 0. The Balaban J connectivity index is -0.0000000720. The summed E-state index contributed by atoms with van der Waals surface area (Å²) < 4.78 is 0. The first-order valence-electron chi connectivity index (χ1n) is 2.64. The van der Waals surface area contributed by atoms with Crippen molar-refractivity contribution in [1.82, 2.24) is 0 Å². The summed E-state index contributed by atoms with van der Waals surface area (Å²) in [4.78, 5) is 0. The van der Waals surface area contributed by atoms with E-state index in [4.69, 9.17) is 0 Å². The number of hydrogen-bond donors (Lipinski definition) is 0. The second-order valence-corrected chi connectivity index (χ2v) is 1.14. The van der Waals surface area contributed by atoms with E-state index in [2.05, 4.69) is 13.8 Å². The summed E-state index contributed by atoms with van der Waals surface area (Å²) in [6.07, 6.45) is 7.28. The topological polar surface area (TPSA) is 0 Å². The third kappa shape index (κ3) is 77.0. The molecule has 0 nitrogen and oxygen atoms in total. The van der Waals surface area contributed by atoms with E-state index >= 15 is 0 Å². The fourth-order valence-corrected chi connectivity index (χ4v) is 0. The van der Waals surface area contributed by atoms with Gasteiger partial charge in [0.2, 0.25) is 0 Å². The maximum absolute atomic E-state index is 3.42. The van der Waals surface area contributed by atoms with Gasteiger partial charge >= 0.3 is 20.4 Å². The van der Waals surface area contributed by atoms with Gasteiger partial charge in [-0.25, -0.2) is 38.2 Å². The minimum absolute atomic E-state index is 0. The van der Waals surface area contributed by atoms with Gasteiger partial charge in [0.15, 0.2) is 0 Å². The maximum atomic E-state index is 3.42. The first-order chi connectivity index (χ1) is 3.83. The van der Waals surface area contributed by atoms with Crippen molar-refractivity contribution in [2.75, 3.05) is 0 Å². The van der Waals surface area contributed by atoms with Crippen LogP contribution in [0.3, 0.4) is 0 Å². The average Bonchev–Trinajstić information content (AvgIpc) is 1.88. The summed E-state index contributed by atoms with van der Waals surface area (Å²) in [7, 11) is 0. The van der Waals surface area contributed by atoms with Gasteiger partial charge in [-0.3, -0.25) is 0 Å². The molecule has 0 fully saturated rings. The van der Waals surface area contributed by atoms with Crippen LogP contribution in [0.5, 0.6) is 0 Å². The summed E-state index contributed by atoms with van der Waals surface area (Å²) in [5, 5.41) is 0. The van der Waals surface area contributed by atoms with Gasteiger partial charge in [0.05, 0.1) is 0 Å². The van der Waals surface area contributed by atoms with Crippen molar-refractivity contribution in [3.05, 3.63) is 38.2 Å². The van der Waals surface area contributed by atoms with Crippen molar-refractivity contribution in [2.45, 2.75) is 13.8 Å². The zero-order valence-corrected chi connectivity index (χ0v) is 7.59. The molecule has 0 radical (unpaired) electrons. The number of allylic oxidation sites excluding steroid dienone is 4. The Morgan fingerprint density at radius 2 is 1.00 bits per heavy atom. The van der Waals surface area contributed by atoms with Crippen LogP contribution in [0.15, 0.2) is 24.3 Å². The molecule has 0 amide bonds. The second-order valence-electron chi connectivity index (χ2n) is 1.14. The molecule has 0 aliphatic carbocycles. The van der Waals surface area contributed by atoms with Gasteiger partial charge in [-0.2, -0.15) is 0 Å². The summed E-state index contributed by atoms with van der Waals surface area (Å²) in [6.45, 7) is 10.7. The number of rotatable bonds is 0. The van der Waals surface area contributed by atoms with Crippen molar-refractivity contribution in [3.63, 3.8) is 0 Å². The van der Waals surface area contributed by atoms with Crippen molar-refractivity contribution in [3.8, 4) is 0 Å². The average molecular weight is 217 g/mol. The minimum atomic E-state index is 0. The summed E-state index contributed by atoms with van der Waals surface area (Å²) >= 11 is 0. The quantitative estimate of drug-likeness (QED) is 0.432. The standard InChI is InChI=1S/2C4H7.Pd/c2*1-3-4-2;/h2*3-4H,1H2,2H3;/q2*-1;+2. The molecular weight excluding hydrogens is 203 g/mol. The molecule has 56 valence electrons. The SMILES string of the molecule is [CH2-]C=CC.[CH2-]C=CC.[Pd+2]. The summed E-state index contributed by atoms with van der Waals surface area (Å²) in [6, 6.07) is 0. The zero-order chi connectivity index (χ0) is 6.83. The number of hydrogen-bond acceptors (Lipinski definition) is 0. The van der Waals surface area contributed by atoms with Crippen LogP contribution in [0, 0.1) is 13.8 Å². The van der Waals surface area contributed by atoms with E-state index in [1.54, 1.807) is 12.2 Å². The van der Waals surface area contributed by atoms with Crippen molar-refractivity contribution in [2.24, 2.45) is 0 Å². The molecule has 0 aromatic rings. The second kappa shape index (κ2) is 24.8. The molecular formula is C8H14Pd. The molecule has 0 bridgehead atoms. The molecule has 0 atom stereocenters. The smallest absolute Gasteiger partial charge is 0.245 e. The van der Waals surface area contributed by atoms with E-state index in [0.29, 0.717) is 0 Å². The Morgan fingerprint density at radius 3 is 1.00 bits per heavy atom. The molecule has 0 N–H and O–H groups in total. The van der Waals surface area contributed by atoms with Gasteiger partial charge in [0.25, 0.3) is 0 Å². The van der Waals surface area contributed by atoms with Crippen LogP contribution in [-0.4, -0.2) is 0 Å². The largest absolute Gasteiger partial charge is 2.00 e. The third-order valence-electron chi connectivity index (χ3n) is 0.471. The molecule has 0 aliphatic heterocycles. The van der Waals surface area contributed by atoms with Crippen LogP contribution < -0.4 is 0 Å². The molecule has 0 spiro atoms. The van der Waals surface area contributed by atoms with E-state index in [-0.39, 0.29) is 20.4 Å². The molecule has 0 unspecified atom stereocenters. The fraction of sp³-hybridized carbons (Fsp3) is 0.250. The zero-order valence-electron chi connectivity index (χ0n) is 6.04. The molecule has 0 rings (SSSR count). The van der Waals surface area contributed by atoms with Crippen LogP contribution in [0.2, 0.25) is 0 Å². The van der Waals surface area contributed by atoms with E-state index in [1.807, 2.05) is 26.0 Å².